The summed E-state index contributed by atoms with van der Waals surface area (Å²) in [5.41, 5.74) is 0.334. The van der Waals surface area contributed by atoms with Crippen molar-refractivity contribution >= 4 is 34.1 Å². The summed E-state index contributed by atoms with van der Waals surface area (Å²) in [5.74, 6) is -3.04. The van der Waals surface area contributed by atoms with E-state index >= 15 is 0 Å². The maximum absolute atomic E-state index is 14.8. The second-order valence-corrected chi connectivity index (χ2v) is 6.95. The zero-order valence-electron chi connectivity index (χ0n) is 17.2. The van der Waals surface area contributed by atoms with Crippen LogP contribution in [0.2, 0.25) is 5.15 Å². The van der Waals surface area contributed by atoms with Crippen LogP contribution >= 0.6 is 11.6 Å². The number of amides is 1. The van der Waals surface area contributed by atoms with E-state index in [4.69, 9.17) is 25.8 Å². The highest BCUT2D eigenvalue weighted by atomic mass is 35.5. The molecule has 3 aromatic heterocycles. The molecule has 0 unspecified atom stereocenters. The van der Waals surface area contributed by atoms with E-state index in [0.29, 0.717) is 5.52 Å². The number of aromatic nitrogens is 3. The van der Waals surface area contributed by atoms with Gasteiger partial charge in [0.15, 0.2) is 17.4 Å². The first-order valence-corrected chi connectivity index (χ1v) is 9.74. The molecule has 0 radical (unpaired) electrons. The minimum Gasteiger partial charge on any atom is -0.496 e. The van der Waals surface area contributed by atoms with Crippen molar-refractivity contribution in [3.8, 4) is 23.1 Å². The van der Waals surface area contributed by atoms with Gasteiger partial charge in [-0.15, -0.1) is 0 Å². The molecule has 8 nitrogen and oxygen atoms in total. The first-order chi connectivity index (χ1) is 15.9. The summed E-state index contributed by atoms with van der Waals surface area (Å²) >= 11 is 5.95. The fraction of sp³-hybridized carbons (Fsp3) is 0.0909. The highest BCUT2D eigenvalue weighted by Crippen LogP contribution is 2.38. The van der Waals surface area contributed by atoms with E-state index in [9.17, 15) is 13.6 Å². The van der Waals surface area contributed by atoms with Gasteiger partial charge < -0.3 is 19.5 Å². The Kier molecular flexibility index (Phi) is 6.18. The quantitative estimate of drug-likeness (QED) is 0.394. The highest BCUT2D eigenvalue weighted by molar-refractivity contribution is 6.30. The second kappa shape index (κ2) is 9.21. The lowest BCUT2D eigenvalue weighted by molar-refractivity contribution is 0.102. The van der Waals surface area contributed by atoms with Gasteiger partial charge in [0.05, 0.1) is 25.3 Å². The SMILES string of the molecule is COc1ccncc1C(=O)Nc1cc(F)c(Oc2ccnc3cc(Cl)nc(OC)c23)c(F)c1. The zero-order chi connectivity index (χ0) is 23.5. The Morgan fingerprint density at radius 2 is 1.76 bits per heavy atom. The molecule has 0 saturated heterocycles. The molecule has 0 fully saturated rings. The van der Waals surface area contributed by atoms with E-state index in [-0.39, 0.29) is 39.2 Å². The molecule has 168 valence electrons. The van der Waals surface area contributed by atoms with Crippen molar-refractivity contribution in [1.29, 1.82) is 0 Å². The van der Waals surface area contributed by atoms with Gasteiger partial charge in [-0.3, -0.25) is 14.8 Å². The third kappa shape index (κ3) is 4.46. The molecule has 33 heavy (non-hydrogen) atoms. The Labute approximate surface area is 191 Å². The van der Waals surface area contributed by atoms with E-state index in [2.05, 4.69) is 20.3 Å². The fourth-order valence-corrected chi connectivity index (χ4v) is 3.26. The van der Waals surface area contributed by atoms with Crippen LogP contribution < -0.4 is 19.5 Å². The largest absolute Gasteiger partial charge is 0.496 e. The summed E-state index contributed by atoms with van der Waals surface area (Å²) in [6.45, 7) is 0. The van der Waals surface area contributed by atoms with E-state index in [1.54, 1.807) is 0 Å². The molecule has 1 N–H and O–H groups in total. The van der Waals surface area contributed by atoms with Crippen LogP contribution in [0.4, 0.5) is 14.5 Å². The van der Waals surface area contributed by atoms with Gasteiger partial charge in [0.2, 0.25) is 5.88 Å². The van der Waals surface area contributed by atoms with Crippen LogP contribution in [-0.4, -0.2) is 35.1 Å². The molecule has 4 rings (SSSR count). The first kappa shape index (κ1) is 22.2. The molecule has 1 aromatic carbocycles. The smallest absolute Gasteiger partial charge is 0.261 e. The Hall–Kier alpha value is -4.05. The number of fused-ring (bicyclic) bond motifs is 1. The second-order valence-electron chi connectivity index (χ2n) is 6.56. The molecular formula is C22H15ClF2N4O4. The number of hydrogen-bond donors (Lipinski definition) is 1. The Bertz CT molecular complexity index is 1350. The number of methoxy groups -OCH3 is 2. The number of nitrogens with zero attached hydrogens (tertiary/aromatic N) is 3. The van der Waals surface area contributed by atoms with Gasteiger partial charge in [0.25, 0.3) is 5.91 Å². The lowest BCUT2D eigenvalue weighted by Crippen LogP contribution is -2.14. The van der Waals surface area contributed by atoms with Crippen LogP contribution in [0.15, 0.2) is 48.9 Å². The molecular weight excluding hydrogens is 458 g/mol. The zero-order valence-corrected chi connectivity index (χ0v) is 18.0. The molecule has 0 aliphatic heterocycles. The van der Waals surface area contributed by atoms with Gasteiger partial charge in [0.1, 0.15) is 22.0 Å². The lowest BCUT2D eigenvalue weighted by Gasteiger charge is -2.14. The molecule has 4 aromatic rings. The molecule has 11 heteroatoms. The van der Waals surface area contributed by atoms with Crippen LogP contribution in [0.25, 0.3) is 10.9 Å². The number of hydrogen-bond acceptors (Lipinski definition) is 7. The Balaban J connectivity index is 1.66. The normalized spacial score (nSPS) is 10.7. The first-order valence-electron chi connectivity index (χ1n) is 9.36. The summed E-state index contributed by atoms with van der Waals surface area (Å²) in [6.07, 6.45) is 4.11. The van der Waals surface area contributed by atoms with Gasteiger partial charge >= 0.3 is 0 Å². The summed E-state index contributed by atoms with van der Waals surface area (Å²) in [4.78, 5) is 24.5. The number of pyridine rings is 3. The van der Waals surface area contributed by atoms with Crippen molar-refractivity contribution < 1.29 is 27.8 Å². The van der Waals surface area contributed by atoms with Crippen LogP contribution in [0.5, 0.6) is 23.1 Å². The van der Waals surface area contributed by atoms with Crippen molar-refractivity contribution in [2.75, 3.05) is 19.5 Å². The van der Waals surface area contributed by atoms with Crippen LogP contribution in [0.1, 0.15) is 10.4 Å². The van der Waals surface area contributed by atoms with Crippen molar-refractivity contribution in [2.45, 2.75) is 0 Å². The monoisotopic (exact) mass is 472 g/mol. The standard InChI is InChI=1S/C22H15ClF2N4O4/c1-31-16-3-5-26-10-12(16)21(30)28-11-7-13(24)20(14(25)8-11)33-17-4-6-27-15-9-18(23)29-22(32-2)19(15)17/h3-10H,1-2H3,(H,28,30). The highest BCUT2D eigenvalue weighted by Gasteiger charge is 2.20. The van der Waals surface area contributed by atoms with E-state index in [1.165, 1.54) is 51.0 Å². The van der Waals surface area contributed by atoms with Crippen molar-refractivity contribution in [1.82, 2.24) is 15.0 Å². The van der Waals surface area contributed by atoms with Gasteiger partial charge in [-0.1, -0.05) is 11.6 Å². The topological polar surface area (TPSA) is 95.5 Å². The predicted octanol–water partition coefficient (Wildman–Crippen LogP) is 5.02. The number of benzene rings is 1. The molecule has 0 aliphatic carbocycles. The number of halogens is 3. The minimum absolute atomic E-state index is 0.0516. The van der Waals surface area contributed by atoms with Crippen molar-refractivity contribution in [2.24, 2.45) is 0 Å². The van der Waals surface area contributed by atoms with Crippen molar-refractivity contribution in [3.05, 3.63) is 71.3 Å². The fourth-order valence-electron chi connectivity index (χ4n) is 3.08. The van der Waals surface area contributed by atoms with Crippen LogP contribution in [0.3, 0.4) is 0 Å². The maximum Gasteiger partial charge on any atom is 0.261 e. The van der Waals surface area contributed by atoms with E-state index in [0.717, 1.165) is 12.1 Å². The molecule has 0 saturated carbocycles. The van der Waals surface area contributed by atoms with E-state index in [1.807, 2.05) is 0 Å². The number of nitrogens with one attached hydrogen (secondary N) is 1. The summed E-state index contributed by atoms with van der Waals surface area (Å²) in [5, 5.41) is 2.82. The van der Waals surface area contributed by atoms with Crippen molar-refractivity contribution in [3.63, 3.8) is 0 Å². The van der Waals surface area contributed by atoms with Gasteiger partial charge in [-0.2, -0.15) is 0 Å². The van der Waals surface area contributed by atoms with Gasteiger partial charge in [0, 0.05) is 42.5 Å². The number of rotatable bonds is 6. The van der Waals surface area contributed by atoms with Gasteiger partial charge in [-0.05, 0) is 12.1 Å². The average Bonchev–Trinajstić information content (AvgIpc) is 2.80. The number of ether oxygens (including phenoxy) is 3. The maximum atomic E-state index is 14.8. The minimum atomic E-state index is -1.05. The Morgan fingerprint density at radius 1 is 1.03 bits per heavy atom. The average molecular weight is 473 g/mol. The molecule has 3 heterocycles. The molecule has 0 atom stereocenters. The predicted molar refractivity (Wildman–Crippen MR) is 116 cm³/mol. The number of carbonyl (C=O) groups excluding carboxylic acids is 1. The summed E-state index contributed by atoms with van der Waals surface area (Å²) < 4.78 is 45.4. The van der Waals surface area contributed by atoms with Gasteiger partial charge in [-0.25, -0.2) is 13.8 Å². The Morgan fingerprint density at radius 3 is 2.45 bits per heavy atom. The summed E-state index contributed by atoms with van der Waals surface area (Å²) in [6, 6.07) is 6.21. The number of anilines is 1. The van der Waals surface area contributed by atoms with Crippen LogP contribution in [0, 0.1) is 11.6 Å². The van der Waals surface area contributed by atoms with Crippen LogP contribution in [-0.2, 0) is 0 Å². The molecule has 0 spiro atoms. The van der Waals surface area contributed by atoms with E-state index < -0.39 is 23.3 Å². The molecule has 0 bridgehead atoms. The third-order valence-electron chi connectivity index (χ3n) is 4.53. The molecule has 1 amide bonds. The summed E-state index contributed by atoms with van der Waals surface area (Å²) in [7, 11) is 2.75. The number of carbonyl (C=O) groups is 1. The lowest BCUT2D eigenvalue weighted by atomic mass is 10.2. The third-order valence-corrected chi connectivity index (χ3v) is 4.72. The molecule has 0 aliphatic rings.